The van der Waals surface area contributed by atoms with Gasteiger partial charge in [0, 0.05) is 55.1 Å². The van der Waals surface area contributed by atoms with E-state index in [4.69, 9.17) is 4.42 Å². The third-order valence-electron chi connectivity index (χ3n) is 4.27. The molecule has 0 aliphatic carbocycles. The van der Waals surface area contributed by atoms with Crippen LogP contribution in [-0.2, 0) is 4.79 Å². The van der Waals surface area contributed by atoms with Crippen molar-refractivity contribution in [2.75, 3.05) is 19.0 Å². The number of likely N-dealkylation sites (N-methyl/N-ethyl adjacent to an activating group) is 1. The van der Waals surface area contributed by atoms with Crippen LogP contribution in [0.4, 0.5) is 5.69 Å². The van der Waals surface area contributed by atoms with E-state index in [1.165, 1.54) is 12.1 Å². The number of rotatable bonds is 4. The van der Waals surface area contributed by atoms with E-state index >= 15 is 0 Å². The molecule has 0 radical (unpaired) electrons. The van der Waals surface area contributed by atoms with E-state index in [-0.39, 0.29) is 5.91 Å². The van der Waals surface area contributed by atoms with Gasteiger partial charge in [0.15, 0.2) is 0 Å². The molecule has 3 aromatic rings. The molecule has 1 heterocycles. The van der Waals surface area contributed by atoms with Crippen molar-refractivity contribution < 1.29 is 9.21 Å². The molecule has 1 aromatic heterocycles. The summed E-state index contributed by atoms with van der Waals surface area (Å²) in [7, 11) is 3.40. The second-order valence-corrected chi connectivity index (χ2v) is 6.02. The van der Waals surface area contributed by atoms with Crippen molar-refractivity contribution in [3.8, 4) is 11.1 Å². The van der Waals surface area contributed by atoms with Gasteiger partial charge in [0.05, 0.1) is 0 Å². The smallest absolute Gasteiger partial charge is 0.336 e. The molecule has 0 bridgehead atoms. The molecular weight excluding hydrogens is 328 g/mol. The maximum Gasteiger partial charge on any atom is 0.336 e. The quantitative estimate of drug-likeness (QED) is 0.579. The number of hydrogen-bond donors (Lipinski definition) is 1. The zero-order valence-electron chi connectivity index (χ0n) is 14.9. The molecule has 0 aliphatic heterocycles. The van der Waals surface area contributed by atoms with Gasteiger partial charge in [0.2, 0.25) is 5.91 Å². The summed E-state index contributed by atoms with van der Waals surface area (Å²) in [6.45, 7) is 2.02. The number of aryl methyl sites for hydroxylation is 1. The van der Waals surface area contributed by atoms with Crippen LogP contribution in [0, 0.1) is 6.92 Å². The van der Waals surface area contributed by atoms with Crippen molar-refractivity contribution in [2.45, 2.75) is 6.92 Å². The fourth-order valence-electron chi connectivity index (χ4n) is 2.82. The van der Waals surface area contributed by atoms with E-state index in [1.54, 1.807) is 24.2 Å². The highest BCUT2D eigenvalue weighted by atomic mass is 16.4. The topological polar surface area (TPSA) is 62.6 Å². The van der Waals surface area contributed by atoms with Crippen LogP contribution in [-0.4, -0.2) is 20.0 Å². The number of benzene rings is 2. The van der Waals surface area contributed by atoms with Gasteiger partial charge in [-0.3, -0.25) is 4.79 Å². The fourth-order valence-corrected chi connectivity index (χ4v) is 2.82. The summed E-state index contributed by atoms with van der Waals surface area (Å²) >= 11 is 0. The van der Waals surface area contributed by atoms with Crippen molar-refractivity contribution in [2.24, 2.45) is 0 Å². The summed E-state index contributed by atoms with van der Waals surface area (Å²) in [6.07, 6.45) is 3.09. The number of nitrogens with zero attached hydrogens (tertiary/aromatic N) is 1. The van der Waals surface area contributed by atoms with Gasteiger partial charge in [-0.25, -0.2) is 4.79 Å². The number of carbonyl (C=O) groups excluding carboxylic acids is 1. The summed E-state index contributed by atoms with van der Waals surface area (Å²) in [6, 6.07) is 15.1. The lowest BCUT2D eigenvalue weighted by atomic mass is 9.98. The molecule has 1 N–H and O–H groups in total. The monoisotopic (exact) mass is 348 g/mol. The Morgan fingerprint density at radius 3 is 2.62 bits per heavy atom. The second kappa shape index (κ2) is 7.27. The van der Waals surface area contributed by atoms with Gasteiger partial charge < -0.3 is 14.6 Å². The summed E-state index contributed by atoms with van der Waals surface area (Å²) in [5.41, 5.74) is 3.87. The van der Waals surface area contributed by atoms with Crippen LogP contribution < -0.4 is 15.8 Å². The van der Waals surface area contributed by atoms with Crippen LogP contribution in [0.5, 0.6) is 0 Å². The number of nitrogens with one attached hydrogen (secondary N) is 1. The van der Waals surface area contributed by atoms with Gasteiger partial charge in [-0.2, -0.15) is 0 Å². The molecule has 0 saturated heterocycles. The first-order valence-corrected chi connectivity index (χ1v) is 8.26. The number of fused-ring (bicyclic) bond motifs is 1. The molecular formula is C21H20N2O3. The summed E-state index contributed by atoms with van der Waals surface area (Å²) in [4.78, 5) is 25.2. The van der Waals surface area contributed by atoms with E-state index in [0.717, 1.165) is 27.8 Å². The Morgan fingerprint density at radius 2 is 1.88 bits per heavy atom. The highest BCUT2D eigenvalue weighted by molar-refractivity contribution is 5.95. The van der Waals surface area contributed by atoms with Crippen LogP contribution in [0.15, 0.2) is 70.0 Å². The summed E-state index contributed by atoms with van der Waals surface area (Å²) in [5.74, 6) is -0.189. The molecule has 132 valence electrons. The SMILES string of the molecule is CNC(=O)C=CN(C)c1ccc2c(-c3ccccc3C)cc(=O)oc2c1. The molecule has 2 aromatic carbocycles. The molecule has 0 fully saturated rings. The zero-order valence-corrected chi connectivity index (χ0v) is 14.9. The van der Waals surface area contributed by atoms with E-state index in [1.807, 2.05) is 50.4 Å². The molecule has 5 nitrogen and oxygen atoms in total. The first-order valence-electron chi connectivity index (χ1n) is 8.26. The molecule has 1 amide bonds. The third-order valence-corrected chi connectivity index (χ3v) is 4.27. The number of amides is 1. The predicted octanol–water partition coefficient (Wildman–Crippen LogP) is 3.46. The molecule has 0 atom stereocenters. The maximum absolute atomic E-state index is 12.1. The highest BCUT2D eigenvalue weighted by Gasteiger charge is 2.11. The Morgan fingerprint density at radius 1 is 1.12 bits per heavy atom. The van der Waals surface area contributed by atoms with Crippen LogP contribution in [0.1, 0.15) is 5.56 Å². The average molecular weight is 348 g/mol. The number of carbonyl (C=O) groups is 1. The van der Waals surface area contributed by atoms with Crippen LogP contribution in [0.2, 0.25) is 0 Å². The fraction of sp³-hybridized carbons (Fsp3) is 0.143. The molecule has 0 aliphatic rings. The first-order chi connectivity index (χ1) is 12.5. The first kappa shape index (κ1) is 17.5. The minimum atomic E-state index is -0.392. The number of anilines is 1. The summed E-state index contributed by atoms with van der Waals surface area (Å²) in [5, 5.41) is 3.39. The van der Waals surface area contributed by atoms with Gasteiger partial charge in [-0.15, -0.1) is 0 Å². The Kier molecular flexibility index (Phi) is 4.89. The molecule has 0 unspecified atom stereocenters. The van der Waals surface area contributed by atoms with Crippen LogP contribution in [0.3, 0.4) is 0 Å². The minimum Gasteiger partial charge on any atom is -0.423 e. The van der Waals surface area contributed by atoms with E-state index < -0.39 is 5.63 Å². The van der Waals surface area contributed by atoms with E-state index in [0.29, 0.717) is 5.58 Å². The largest absolute Gasteiger partial charge is 0.423 e. The number of hydrogen-bond acceptors (Lipinski definition) is 4. The highest BCUT2D eigenvalue weighted by Crippen LogP contribution is 2.31. The van der Waals surface area contributed by atoms with E-state index in [9.17, 15) is 9.59 Å². The van der Waals surface area contributed by atoms with Gasteiger partial charge in [-0.1, -0.05) is 24.3 Å². The van der Waals surface area contributed by atoms with Crippen molar-refractivity contribution in [1.82, 2.24) is 5.32 Å². The molecule has 26 heavy (non-hydrogen) atoms. The zero-order chi connectivity index (χ0) is 18.7. The molecule has 0 saturated carbocycles. The Labute approximate surface area is 151 Å². The Bertz CT molecular complexity index is 1050. The average Bonchev–Trinajstić information content (AvgIpc) is 2.65. The van der Waals surface area contributed by atoms with Crippen LogP contribution >= 0.6 is 0 Å². The molecule has 0 spiro atoms. The van der Waals surface area contributed by atoms with Gasteiger partial charge in [0.1, 0.15) is 5.58 Å². The van der Waals surface area contributed by atoms with Crippen LogP contribution in [0.25, 0.3) is 22.1 Å². The van der Waals surface area contributed by atoms with Gasteiger partial charge in [-0.05, 0) is 30.2 Å². The standard InChI is InChI=1S/C21H20N2O3/c1-14-6-4-5-7-16(14)18-13-21(25)26-19-12-15(8-9-17(18)19)23(3)11-10-20(24)22-2/h4-13H,1-3H3,(H,22,24). The molecule has 5 heteroatoms. The lowest BCUT2D eigenvalue weighted by Gasteiger charge is -2.15. The Hall–Kier alpha value is -3.34. The predicted molar refractivity (Wildman–Crippen MR) is 104 cm³/mol. The van der Waals surface area contributed by atoms with E-state index in [2.05, 4.69) is 5.32 Å². The minimum absolute atomic E-state index is 0.189. The van der Waals surface area contributed by atoms with Crippen molar-refractivity contribution >= 4 is 22.6 Å². The Balaban J connectivity index is 2.09. The lowest BCUT2D eigenvalue weighted by molar-refractivity contribution is -0.116. The maximum atomic E-state index is 12.1. The van der Waals surface area contributed by atoms with Crippen molar-refractivity contribution in [1.29, 1.82) is 0 Å². The third kappa shape index (κ3) is 3.52. The lowest BCUT2D eigenvalue weighted by Crippen LogP contribution is -2.16. The second-order valence-electron chi connectivity index (χ2n) is 6.02. The van der Waals surface area contributed by atoms with Crippen molar-refractivity contribution in [3.63, 3.8) is 0 Å². The van der Waals surface area contributed by atoms with Crippen molar-refractivity contribution in [3.05, 3.63) is 76.8 Å². The molecule has 3 rings (SSSR count). The van der Waals surface area contributed by atoms with Gasteiger partial charge >= 0.3 is 5.63 Å². The normalized spacial score (nSPS) is 11.0. The summed E-state index contributed by atoms with van der Waals surface area (Å²) < 4.78 is 5.42. The van der Waals surface area contributed by atoms with Gasteiger partial charge in [0.25, 0.3) is 0 Å².